The van der Waals surface area contributed by atoms with E-state index in [2.05, 4.69) is 39.4 Å². The Balaban J connectivity index is 0.00000392. The van der Waals surface area contributed by atoms with Gasteiger partial charge in [-0.1, -0.05) is 0 Å². The van der Waals surface area contributed by atoms with Gasteiger partial charge in [0.1, 0.15) is 5.82 Å². The molecule has 1 aromatic carbocycles. The summed E-state index contributed by atoms with van der Waals surface area (Å²) in [5, 5.41) is 6.77. The zero-order valence-corrected chi connectivity index (χ0v) is 20.3. The Kier molecular flexibility index (Phi) is 13.9. The molecular weight excluding hydrogens is 488 g/mol. The van der Waals surface area contributed by atoms with Crippen LogP contribution in [-0.4, -0.2) is 80.9 Å². The fraction of sp³-hybridized carbons (Fsp3) is 0.650. The van der Waals surface area contributed by atoms with Gasteiger partial charge in [0.2, 0.25) is 0 Å². The molecule has 1 fully saturated rings. The number of thioether (sulfide) groups is 1. The second-order valence-corrected chi connectivity index (χ2v) is 8.01. The highest BCUT2D eigenvalue weighted by Crippen LogP contribution is 2.18. The SMILES string of the molecule is CCNC(=NCCCSc1ccc(F)cc1)NCCN1CCCN(C)CC1.I. The lowest BCUT2D eigenvalue weighted by atomic mass is 10.4. The molecule has 1 saturated heterocycles. The normalized spacial score (nSPS) is 16.3. The molecule has 1 aromatic rings. The number of rotatable bonds is 9. The van der Waals surface area contributed by atoms with Gasteiger partial charge in [-0.3, -0.25) is 4.99 Å². The number of nitrogens with zero attached hydrogens (tertiary/aromatic N) is 3. The summed E-state index contributed by atoms with van der Waals surface area (Å²) in [7, 11) is 2.20. The first-order valence-corrected chi connectivity index (χ1v) is 11.0. The molecule has 0 radical (unpaired) electrons. The van der Waals surface area contributed by atoms with Crippen molar-refractivity contribution < 1.29 is 4.39 Å². The van der Waals surface area contributed by atoms with E-state index in [1.807, 2.05) is 12.1 Å². The van der Waals surface area contributed by atoms with Crippen LogP contribution in [0.25, 0.3) is 0 Å². The Morgan fingerprint density at radius 3 is 2.68 bits per heavy atom. The number of hydrogen-bond acceptors (Lipinski definition) is 4. The van der Waals surface area contributed by atoms with Gasteiger partial charge in [-0.05, 0) is 69.9 Å². The highest BCUT2D eigenvalue weighted by atomic mass is 127. The van der Waals surface area contributed by atoms with Gasteiger partial charge in [0, 0.05) is 44.2 Å². The third kappa shape index (κ3) is 10.8. The molecular formula is C20H35FIN5S. The topological polar surface area (TPSA) is 42.9 Å². The summed E-state index contributed by atoms with van der Waals surface area (Å²) < 4.78 is 12.9. The number of hydrogen-bond donors (Lipinski definition) is 2. The maximum absolute atomic E-state index is 12.9. The summed E-state index contributed by atoms with van der Waals surface area (Å²) in [5.41, 5.74) is 0. The zero-order valence-electron chi connectivity index (χ0n) is 17.1. The first-order valence-electron chi connectivity index (χ1n) is 9.99. The monoisotopic (exact) mass is 523 g/mol. The number of nitrogens with one attached hydrogen (secondary N) is 2. The molecule has 0 aromatic heterocycles. The molecule has 0 bridgehead atoms. The predicted octanol–water partition coefficient (Wildman–Crippen LogP) is 3.12. The Morgan fingerprint density at radius 2 is 1.93 bits per heavy atom. The van der Waals surface area contributed by atoms with Crippen molar-refractivity contribution in [2.24, 2.45) is 4.99 Å². The number of benzene rings is 1. The minimum atomic E-state index is -0.183. The van der Waals surface area contributed by atoms with E-state index in [9.17, 15) is 4.39 Å². The molecule has 8 heteroatoms. The average molecular weight is 524 g/mol. The Bertz CT molecular complexity index is 558. The van der Waals surface area contributed by atoms with E-state index in [0.29, 0.717) is 0 Å². The van der Waals surface area contributed by atoms with Gasteiger partial charge in [-0.25, -0.2) is 4.39 Å². The van der Waals surface area contributed by atoms with Gasteiger partial charge in [0.15, 0.2) is 5.96 Å². The third-order valence-corrected chi connectivity index (χ3v) is 5.63. The van der Waals surface area contributed by atoms with Crippen LogP contribution < -0.4 is 10.6 Å². The first kappa shape index (κ1) is 25.5. The second kappa shape index (κ2) is 15.3. The number of guanidine groups is 1. The van der Waals surface area contributed by atoms with Crippen molar-refractivity contribution in [2.45, 2.75) is 24.7 Å². The summed E-state index contributed by atoms with van der Waals surface area (Å²) in [6.45, 7) is 10.4. The second-order valence-electron chi connectivity index (χ2n) is 6.84. The molecule has 0 unspecified atom stereocenters. The molecule has 160 valence electrons. The van der Waals surface area contributed by atoms with Crippen molar-refractivity contribution in [2.75, 3.05) is 65.2 Å². The molecule has 0 amide bonds. The maximum Gasteiger partial charge on any atom is 0.191 e. The minimum Gasteiger partial charge on any atom is -0.357 e. The summed E-state index contributed by atoms with van der Waals surface area (Å²) >= 11 is 1.75. The van der Waals surface area contributed by atoms with Crippen molar-refractivity contribution in [3.63, 3.8) is 0 Å². The van der Waals surface area contributed by atoms with E-state index in [-0.39, 0.29) is 29.8 Å². The molecule has 1 heterocycles. The largest absolute Gasteiger partial charge is 0.357 e. The van der Waals surface area contributed by atoms with Gasteiger partial charge in [0.05, 0.1) is 0 Å². The molecule has 1 aliphatic heterocycles. The van der Waals surface area contributed by atoms with E-state index >= 15 is 0 Å². The average Bonchev–Trinajstić information content (AvgIpc) is 2.87. The summed E-state index contributed by atoms with van der Waals surface area (Å²) in [6, 6.07) is 6.68. The van der Waals surface area contributed by atoms with E-state index < -0.39 is 0 Å². The lowest BCUT2D eigenvalue weighted by Crippen LogP contribution is -2.42. The van der Waals surface area contributed by atoms with Crippen LogP contribution in [0.4, 0.5) is 4.39 Å². The fourth-order valence-corrected chi connectivity index (χ4v) is 3.81. The van der Waals surface area contributed by atoms with Gasteiger partial charge in [-0.15, -0.1) is 35.7 Å². The van der Waals surface area contributed by atoms with Gasteiger partial charge < -0.3 is 20.4 Å². The fourth-order valence-electron chi connectivity index (χ4n) is 2.97. The van der Waals surface area contributed by atoms with Crippen molar-refractivity contribution in [1.29, 1.82) is 0 Å². The van der Waals surface area contributed by atoms with Crippen LogP contribution in [0.3, 0.4) is 0 Å². The number of halogens is 2. The maximum atomic E-state index is 12.9. The highest BCUT2D eigenvalue weighted by molar-refractivity contribution is 14.0. The van der Waals surface area contributed by atoms with Crippen molar-refractivity contribution in [1.82, 2.24) is 20.4 Å². The quantitative estimate of drug-likeness (QED) is 0.171. The van der Waals surface area contributed by atoms with Gasteiger partial charge in [-0.2, -0.15) is 0 Å². The Morgan fingerprint density at radius 1 is 1.14 bits per heavy atom. The van der Waals surface area contributed by atoms with Crippen LogP contribution in [0.15, 0.2) is 34.2 Å². The van der Waals surface area contributed by atoms with E-state index in [1.54, 1.807) is 11.8 Å². The Labute approximate surface area is 190 Å². The standard InChI is InChI=1S/C20H34FN5S.HI/c1-3-22-20(24-11-14-26-13-5-12-25(2)15-16-26)23-10-4-17-27-19-8-6-18(21)7-9-19;/h6-9H,3-5,10-17H2,1-2H3,(H2,22,23,24);1H. The molecule has 2 N–H and O–H groups in total. The van der Waals surface area contributed by atoms with Crippen LogP contribution in [0, 0.1) is 5.82 Å². The first-order chi connectivity index (χ1) is 13.2. The number of likely N-dealkylation sites (N-methyl/N-ethyl adjacent to an activating group) is 1. The van der Waals surface area contributed by atoms with Crippen molar-refractivity contribution in [3.05, 3.63) is 30.1 Å². The van der Waals surface area contributed by atoms with Gasteiger partial charge >= 0.3 is 0 Å². The molecule has 0 saturated carbocycles. The predicted molar refractivity (Wildman–Crippen MR) is 130 cm³/mol. The molecule has 1 aliphatic rings. The summed E-state index contributed by atoms with van der Waals surface area (Å²) in [4.78, 5) is 10.7. The number of aliphatic imine (C=N–C) groups is 1. The van der Waals surface area contributed by atoms with Crippen LogP contribution in [0.1, 0.15) is 19.8 Å². The van der Waals surface area contributed by atoms with Crippen molar-refractivity contribution >= 4 is 41.7 Å². The van der Waals surface area contributed by atoms with E-state index in [0.717, 1.165) is 62.3 Å². The lowest BCUT2D eigenvalue weighted by Gasteiger charge is -2.21. The molecule has 0 spiro atoms. The molecule has 2 rings (SSSR count). The zero-order chi connectivity index (χ0) is 19.3. The molecule has 5 nitrogen and oxygen atoms in total. The molecule has 0 aliphatic carbocycles. The highest BCUT2D eigenvalue weighted by Gasteiger charge is 2.11. The van der Waals surface area contributed by atoms with Gasteiger partial charge in [0.25, 0.3) is 0 Å². The van der Waals surface area contributed by atoms with E-state index in [4.69, 9.17) is 0 Å². The smallest absolute Gasteiger partial charge is 0.191 e. The molecule has 28 heavy (non-hydrogen) atoms. The molecule has 0 atom stereocenters. The summed E-state index contributed by atoms with van der Waals surface area (Å²) in [5.74, 6) is 1.70. The minimum absolute atomic E-state index is 0. The van der Waals surface area contributed by atoms with Crippen molar-refractivity contribution in [3.8, 4) is 0 Å². The summed E-state index contributed by atoms with van der Waals surface area (Å²) in [6.07, 6.45) is 2.24. The Hall–Kier alpha value is -0.580. The van der Waals surface area contributed by atoms with Crippen LogP contribution >= 0.6 is 35.7 Å². The van der Waals surface area contributed by atoms with E-state index in [1.165, 1.54) is 31.6 Å². The van der Waals surface area contributed by atoms with Crippen LogP contribution in [0.2, 0.25) is 0 Å². The lowest BCUT2D eigenvalue weighted by molar-refractivity contribution is 0.280. The third-order valence-electron chi connectivity index (χ3n) is 4.53. The van der Waals surface area contributed by atoms with Crippen LogP contribution in [-0.2, 0) is 0 Å². The van der Waals surface area contributed by atoms with Crippen LogP contribution in [0.5, 0.6) is 0 Å².